The minimum Gasteiger partial charge on any atom is -0.456 e. The highest BCUT2D eigenvalue weighted by atomic mass is 32.1. The molecule has 14 rings (SSSR count). The lowest BCUT2D eigenvalue weighted by Gasteiger charge is -2.29. The summed E-state index contributed by atoms with van der Waals surface area (Å²) < 4.78 is 11.8. The van der Waals surface area contributed by atoms with Crippen molar-refractivity contribution in [1.82, 2.24) is 4.57 Å². The van der Waals surface area contributed by atoms with E-state index in [1.54, 1.807) is 0 Å². The first-order valence-corrected chi connectivity index (χ1v) is 29.8. The average molecular weight is 1070 g/mol. The Hall–Kier alpha value is -7.80. The summed E-state index contributed by atoms with van der Waals surface area (Å²) in [5.41, 5.74) is 24.9. The van der Waals surface area contributed by atoms with E-state index in [9.17, 15) is 0 Å². The average Bonchev–Trinajstić information content (AvgIpc) is 2.94. The van der Waals surface area contributed by atoms with E-state index in [0.717, 1.165) is 55.9 Å². The van der Waals surface area contributed by atoms with Crippen LogP contribution in [0.3, 0.4) is 0 Å². The Kier molecular flexibility index (Phi) is 11.2. The zero-order chi connectivity index (χ0) is 56.4. The summed E-state index contributed by atoms with van der Waals surface area (Å²) in [5, 5.41) is 10.1. The maximum absolute atomic E-state index is 6.67. The fourth-order valence-electron chi connectivity index (χ4n) is 13.1. The summed E-state index contributed by atoms with van der Waals surface area (Å²) in [6, 6.07) is 64.7. The lowest BCUT2D eigenvalue weighted by Crippen LogP contribution is -2.35. The van der Waals surface area contributed by atoms with E-state index in [0.29, 0.717) is 0 Å². The van der Waals surface area contributed by atoms with Gasteiger partial charge < -0.3 is 19.2 Å². The van der Waals surface area contributed by atoms with Crippen LogP contribution in [-0.4, -0.2) is 11.8 Å². The van der Waals surface area contributed by atoms with Gasteiger partial charge in [-0.2, -0.15) is 0 Å². The van der Waals surface area contributed by atoms with E-state index >= 15 is 0 Å². The predicted molar refractivity (Wildman–Crippen MR) is 351 cm³/mol. The molecule has 4 heterocycles. The molecule has 9 aromatic carbocycles. The van der Waals surface area contributed by atoms with Crippen molar-refractivity contribution < 1.29 is 4.42 Å². The molecule has 0 bridgehead atoms. The summed E-state index contributed by atoms with van der Waals surface area (Å²) in [5.74, 6) is 0. The molecule has 0 amide bonds. The van der Waals surface area contributed by atoms with Crippen LogP contribution in [0.2, 0.25) is 0 Å². The summed E-state index contributed by atoms with van der Waals surface area (Å²) in [6.45, 7) is 32.4. The third-order valence-corrected chi connectivity index (χ3v) is 19.0. The van der Waals surface area contributed by atoms with Crippen molar-refractivity contribution in [3.63, 3.8) is 0 Å². The van der Waals surface area contributed by atoms with Crippen molar-refractivity contribution in [3.05, 3.63) is 203 Å². The van der Waals surface area contributed by atoms with Crippen LogP contribution in [0.1, 0.15) is 130 Å². The number of nitrogens with zero attached hydrogens (tertiary/aromatic N) is 2. The van der Waals surface area contributed by atoms with Crippen molar-refractivity contribution in [1.29, 1.82) is 0 Å². The molecule has 1 N–H and O–H groups in total. The van der Waals surface area contributed by atoms with Crippen molar-refractivity contribution in [2.75, 3.05) is 10.2 Å². The normalized spacial score (nSPS) is 14.0. The van der Waals surface area contributed by atoms with Crippen molar-refractivity contribution >= 4 is 111 Å². The van der Waals surface area contributed by atoms with Crippen LogP contribution in [0.25, 0.3) is 81.8 Å². The molecular formula is C75H71BN3OS. The topological polar surface area (TPSA) is 33.3 Å². The number of benzene rings is 9. The number of fused-ring (bicyclic) bond motifs is 13. The maximum Gasteiger partial charge on any atom is 0.211 e. The van der Waals surface area contributed by atoms with Gasteiger partial charge in [0.1, 0.15) is 11.2 Å². The quantitative estimate of drug-likeness (QED) is 0.169. The standard InChI is InChI=1S/C75H71BN3OS/c1-71(2,3)43-19-26-47(27-20-43)77-62-41-55-51-33-32-50(78(48-28-21-44(22-29-48)72(4,5)6)49-30-23-45(24-31-49)73(7,8)9)38-60(51)75(13,14)61(55)40-56(62)53-34-35-54-57-39-58-52-17-15-16-18-64(52)80-65(58)42-63(57)79-68(54)67(53)76-70-69(79)59-37-46(74(10,11)12)25-36-66(59)81-70/h15-42,77H,1-14H3. The SMILES string of the molecule is CC(C)(C)c1ccc(Nc2cc3c(cc2-c2ccc4c5cc6c(cc5n5c4c2[B]c2sc4ccc(C(C)(C)C)cc4c2-5)oc2ccccc26)C(C)(C)c2cc(N(c4ccc(C(C)(C)C)cc4)c4ccc(C(C)(C)C)cc4)ccc2-3)cc1. The summed E-state index contributed by atoms with van der Waals surface area (Å²) in [7, 11) is 2.50. The molecule has 401 valence electrons. The summed E-state index contributed by atoms with van der Waals surface area (Å²) >= 11 is 1.90. The number of hydrogen-bond donors (Lipinski definition) is 1. The van der Waals surface area contributed by atoms with E-state index < -0.39 is 0 Å². The molecule has 81 heavy (non-hydrogen) atoms. The van der Waals surface area contributed by atoms with E-state index in [1.807, 2.05) is 11.3 Å². The van der Waals surface area contributed by atoms with Gasteiger partial charge in [0.15, 0.2) is 0 Å². The zero-order valence-corrected chi connectivity index (χ0v) is 50.3. The Morgan fingerprint density at radius 2 is 1.05 bits per heavy atom. The predicted octanol–water partition coefficient (Wildman–Crippen LogP) is 20.2. The molecule has 12 aromatic rings. The number of aromatic nitrogens is 1. The van der Waals surface area contributed by atoms with Gasteiger partial charge in [0.2, 0.25) is 7.28 Å². The Morgan fingerprint density at radius 1 is 0.469 bits per heavy atom. The van der Waals surface area contributed by atoms with Gasteiger partial charge in [-0.3, -0.25) is 0 Å². The molecule has 0 spiro atoms. The lowest BCUT2D eigenvalue weighted by atomic mass is 9.63. The zero-order valence-electron chi connectivity index (χ0n) is 49.5. The Bertz CT molecular complexity index is 4500. The van der Waals surface area contributed by atoms with Gasteiger partial charge in [0.05, 0.1) is 11.2 Å². The maximum atomic E-state index is 6.67. The van der Waals surface area contributed by atoms with Crippen molar-refractivity contribution in [2.24, 2.45) is 0 Å². The highest BCUT2D eigenvalue weighted by Crippen LogP contribution is 2.54. The third kappa shape index (κ3) is 8.21. The molecule has 0 atom stereocenters. The number of anilines is 5. The van der Waals surface area contributed by atoms with E-state index in [-0.39, 0.29) is 27.1 Å². The number of hydrogen-bond acceptors (Lipinski definition) is 4. The number of thiophene rings is 1. The van der Waals surface area contributed by atoms with E-state index in [1.165, 1.54) is 97.9 Å². The highest BCUT2D eigenvalue weighted by molar-refractivity contribution is 7.29. The van der Waals surface area contributed by atoms with Crippen LogP contribution >= 0.6 is 11.3 Å². The number of rotatable bonds is 6. The Morgan fingerprint density at radius 3 is 1.69 bits per heavy atom. The second-order valence-electron chi connectivity index (χ2n) is 27.8. The summed E-state index contributed by atoms with van der Waals surface area (Å²) in [6.07, 6.45) is 0. The molecule has 0 saturated heterocycles. The molecule has 2 aliphatic rings. The highest BCUT2D eigenvalue weighted by Gasteiger charge is 2.39. The molecular weight excluding hydrogens is 1000 g/mol. The summed E-state index contributed by atoms with van der Waals surface area (Å²) in [4.78, 5) is 2.44. The smallest absolute Gasteiger partial charge is 0.211 e. The number of nitrogens with one attached hydrogen (secondary N) is 1. The monoisotopic (exact) mass is 1070 g/mol. The first-order chi connectivity index (χ1) is 38.4. The van der Waals surface area contributed by atoms with Crippen molar-refractivity contribution in [2.45, 2.75) is 124 Å². The van der Waals surface area contributed by atoms with Gasteiger partial charge in [-0.05, 0) is 167 Å². The molecule has 1 radical (unpaired) electrons. The van der Waals surface area contributed by atoms with Crippen LogP contribution in [0.5, 0.6) is 0 Å². The van der Waals surface area contributed by atoms with Crippen LogP contribution in [0.4, 0.5) is 28.4 Å². The Balaban J connectivity index is 0.983. The second-order valence-corrected chi connectivity index (χ2v) is 28.9. The fourth-order valence-corrected chi connectivity index (χ4v) is 14.2. The fraction of sp³-hybridized carbons (Fsp3) is 0.253. The number of furan rings is 1. The van der Waals surface area contributed by atoms with Gasteiger partial charge in [-0.25, -0.2) is 0 Å². The van der Waals surface area contributed by atoms with Crippen LogP contribution in [0, 0.1) is 0 Å². The van der Waals surface area contributed by atoms with Crippen LogP contribution in [0.15, 0.2) is 174 Å². The van der Waals surface area contributed by atoms with Crippen LogP contribution < -0.4 is 20.5 Å². The van der Waals surface area contributed by atoms with Gasteiger partial charge in [-0.1, -0.05) is 176 Å². The molecule has 0 unspecified atom stereocenters. The molecule has 1 aliphatic carbocycles. The van der Waals surface area contributed by atoms with Crippen LogP contribution in [-0.2, 0) is 27.1 Å². The van der Waals surface area contributed by atoms with Gasteiger partial charge in [0, 0.05) is 82.6 Å². The largest absolute Gasteiger partial charge is 0.456 e. The third-order valence-electron chi connectivity index (χ3n) is 17.9. The molecule has 6 heteroatoms. The first-order valence-electron chi connectivity index (χ1n) is 29.0. The van der Waals surface area contributed by atoms with Gasteiger partial charge >= 0.3 is 0 Å². The minimum atomic E-state index is -0.333. The van der Waals surface area contributed by atoms with E-state index in [2.05, 4.69) is 289 Å². The molecule has 4 nitrogen and oxygen atoms in total. The number of para-hydroxylation sites is 1. The van der Waals surface area contributed by atoms with Gasteiger partial charge in [0.25, 0.3) is 0 Å². The van der Waals surface area contributed by atoms with Gasteiger partial charge in [-0.15, -0.1) is 11.3 Å². The molecule has 0 saturated carbocycles. The first kappa shape index (κ1) is 51.4. The molecule has 3 aromatic heterocycles. The Labute approximate surface area is 482 Å². The molecule has 0 fully saturated rings. The minimum absolute atomic E-state index is 0.00383. The van der Waals surface area contributed by atoms with E-state index in [4.69, 9.17) is 4.42 Å². The second kappa shape index (κ2) is 17.6. The molecule has 1 aliphatic heterocycles. The van der Waals surface area contributed by atoms with Crippen molar-refractivity contribution in [3.8, 4) is 27.9 Å². The lowest BCUT2D eigenvalue weighted by molar-refractivity contribution is 0.590.